The topological polar surface area (TPSA) is 63.2 Å². The molecular weight excluding hydrogens is 266 g/mol. The Morgan fingerprint density at radius 3 is 2.71 bits per heavy atom. The molecule has 0 saturated carbocycles. The van der Waals surface area contributed by atoms with E-state index in [1.165, 1.54) is 7.11 Å². The Kier molecular flexibility index (Phi) is 4.90. The first-order valence-corrected chi connectivity index (χ1v) is 6.74. The van der Waals surface area contributed by atoms with Crippen molar-refractivity contribution in [2.75, 3.05) is 19.5 Å². The number of nitrogens with one attached hydrogen (secondary N) is 2. The predicted molar refractivity (Wildman–Crippen MR) is 82.7 cm³/mol. The third kappa shape index (κ3) is 3.38. The van der Waals surface area contributed by atoms with E-state index in [4.69, 9.17) is 4.74 Å². The number of pyridine rings is 1. The van der Waals surface area contributed by atoms with Gasteiger partial charge in [-0.3, -0.25) is 4.79 Å². The minimum Gasteiger partial charge on any atom is -0.480 e. The molecular formula is C16H19N3O2. The van der Waals surface area contributed by atoms with Gasteiger partial charge in [-0.05, 0) is 37.7 Å². The second-order valence-corrected chi connectivity index (χ2v) is 4.61. The number of para-hydroxylation sites is 1. The number of anilines is 1. The van der Waals surface area contributed by atoms with E-state index in [2.05, 4.69) is 15.6 Å². The van der Waals surface area contributed by atoms with Crippen molar-refractivity contribution in [3.05, 3.63) is 53.7 Å². The lowest BCUT2D eigenvalue weighted by molar-refractivity contribution is 0.102. The van der Waals surface area contributed by atoms with Crippen molar-refractivity contribution in [1.29, 1.82) is 0 Å². The van der Waals surface area contributed by atoms with Gasteiger partial charge in [-0.15, -0.1) is 0 Å². The number of hydrogen-bond acceptors (Lipinski definition) is 4. The molecule has 2 aromatic rings. The fourth-order valence-corrected chi connectivity index (χ4v) is 2.06. The second-order valence-electron chi connectivity index (χ2n) is 4.61. The second kappa shape index (κ2) is 6.85. The summed E-state index contributed by atoms with van der Waals surface area (Å²) in [5.74, 6) is 0.0739. The van der Waals surface area contributed by atoms with Gasteiger partial charge in [-0.2, -0.15) is 0 Å². The molecule has 21 heavy (non-hydrogen) atoms. The number of carbonyl (C=O) groups excluding carboxylic acids is 1. The first kappa shape index (κ1) is 15.0. The van der Waals surface area contributed by atoms with E-state index in [0.29, 0.717) is 11.4 Å². The lowest BCUT2D eigenvalue weighted by Crippen LogP contribution is -2.18. The lowest BCUT2D eigenvalue weighted by atomic mass is 10.1. The largest absolute Gasteiger partial charge is 0.480 e. The van der Waals surface area contributed by atoms with E-state index >= 15 is 0 Å². The maximum Gasteiger partial charge on any atom is 0.261 e. The molecule has 0 saturated heterocycles. The van der Waals surface area contributed by atoms with E-state index in [1.54, 1.807) is 18.3 Å². The number of amides is 1. The summed E-state index contributed by atoms with van der Waals surface area (Å²) in [7, 11) is 3.38. The number of benzene rings is 1. The van der Waals surface area contributed by atoms with Gasteiger partial charge >= 0.3 is 0 Å². The molecule has 1 amide bonds. The summed E-state index contributed by atoms with van der Waals surface area (Å²) in [6.07, 6.45) is 1.59. The zero-order valence-electron chi connectivity index (χ0n) is 12.4. The van der Waals surface area contributed by atoms with Crippen molar-refractivity contribution in [1.82, 2.24) is 10.3 Å². The van der Waals surface area contributed by atoms with Gasteiger partial charge in [0.2, 0.25) is 5.88 Å². The Hall–Kier alpha value is -2.40. The number of aromatic nitrogens is 1. The molecule has 5 heteroatoms. The maximum atomic E-state index is 12.4. The summed E-state index contributed by atoms with van der Waals surface area (Å²) in [5, 5.41) is 6.09. The molecule has 0 aliphatic carbocycles. The van der Waals surface area contributed by atoms with Crippen LogP contribution in [0, 0.1) is 0 Å². The normalized spacial score (nSPS) is 11.8. The van der Waals surface area contributed by atoms with Crippen LogP contribution < -0.4 is 15.4 Å². The molecule has 1 aromatic heterocycles. The molecule has 2 rings (SSSR count). The molecule has 0 bridgehead atoms. The van der Waals surface area contributed by atoms with Crippen LogP contribution in [0.3, 0.4) is 0 Å². The molecule has 1 heterocycles. The van der Waals surface area contributed by atoms with E-state index in [0.717, 1.165) is 11.3 Å². The number of hydrogen-bond donors (Lipinski definition) is 2. The van der Waals surface area contributed by atoms with E-state index in [-0.39, 0.29) is 11.9 Å². The van der Waals surface area contributed by atoms with Gasteiger partial charge in [-0.25, -0.2) is 4.98 Å². The summed E-state index contributed by atoms with van der Waals surface area (Å²) < 4.78 is 5.12. The van der Waals surface area contributed by atoms with E-state index in [1.807, 2.05) is 38.2 Å². The first-order valence-electron chi connectivity index (χ1n) is 6.74. The van der Waals surface area contributed by atoms with Crippen molar-refractivity contribution >= 4 is 11.6 Å². The van der Waals surface area contributed by atoms with Gasteiger partial charge in [-0.1, -0.05) is 18.2 Å². The van der Waals surface area contributed by atoms with E-state index in [9.17, 15) is 4.79 Å². The molecule has 1 aromatic carbocycles. The molecule has 0 aliphatic heterocycles. The smallest absolute Gasteiger partial charge is 0.261 e. The molecule has 0 spiro atoms. The summed E-state index contributed by atoms with van der Waals surface area (Å²) in [6.45, 7) is 2.04. The van der Waals surface area contributed by atoms with Gasteiger partial charge in [0.15, 0.2) is 0 Å². The quantitative estimate of drug-likeness (QED) is 0.886. The predicted octanol–water partition coefficient (Wildman–Crippen LogP) is 2.62. The monoisotopic (exact) mass is 285 g/mol. The fraction of sp³-hybridized carbons (Fsp3) is 0.250. The number of rotatable bonds is 5. The van der Waals surface area contributed by atoms with Crippen LogP contribution in [-0.2, 0) is 0 Å². The van der Waals surface area contributed by atoms with Gasteiger partial charge in [0.05, 0.1) is 7.11 Å². The Labute approximate surface area is 124 Å². The van der Waals surface area contributed by atoms with Crippen LogP contribution in [0.25, 0.3) is 0 Å². The van der Waals surface area contributed by atoms with Crippen LogP contribution in [0.5, 0.6) is 5.88 Å². The number of carbonyl (C=O) groups is 1. The summed E-state index contributed by atoms with van der Waals surface area (Å²) in [6, 6.07) is 11.2. The van der Waals surface area contributed by atoms with Crippen LogP contribution in [0.4, 0.5) is 5.69 Å². The fourth-order valence-electron chi connectivity index (χ4n) is 2.06. The van der Waals surface area contributed by atoms with Crippen LogP contribution >= 0.6 is 0 Å². The summed E-state index contributed by atoms with van der Waals surface area (Å²) >= 11 is 0. The average Bonchev–Trinajstić information content (AvgIpc) is 2.54. The minimum atomic E-state index is -0.240. The van der Waals surface area contributed by atoms with Crippen molar-refractivity contribution < 1.29 is 9.53 Å². The highest BCUT2D eigenvalue weighted by Crippen LogP contribution is 2.24. The van der Waals surface area contributed by atoms with Crippen LogP contribution in [-0.4, -0.2) is 25.0 Å². The zero-order valence-corrected chi connectivity index (χ0v) is 12.4. The van der Waals surface area contributed by atoms with Crippen molar-refractivity contribution in [2.24, 2.45) is 0 Å². The highest BCUT2D eigenvalue weighted by molar-refractivity contribution is 6.06. The highest BCUT2D eigenvalue weighted by Gasteiger charge is 2.15. The SMILES string of the molecule is CNC(C)c1ccccc1NC(=O)c1cccnc1OC. The van der Waals surface area contributed by atoms with Gasteiger partial charge in [0.25, 0.3) is 5.91 Å². The Bertz CT molecular complexity index is 628. The molecule has 2 N–H and O–H groups in total. The van der Waals surface area contributed by atoms with Crippen molar-refractivity contribution in [3.8, 4) is 5.88 Å². The lowest BCUT2D eigenvalue weighted by Gasteiger charge is -2.16. The number of ether oxygens (including phenoxy) is 1. The van der Waals surface area contributed by atoms with Crippen LogP contribution in [0.15, 0.2) is 42.6 Å². The first-order chi connectivity index (χ1) is 10.2. The molecule has 0 fully saturated rings. The molecule has 1 atom stereocenters. The third-order valence-electron chi connectivity index (χ3n) is 3.32. The van der Waals surface area contributed by atoms with Gasteiger partial charge < -0.3 is 15.4 Å². The molecule has 0 aliphatic rings. The molecule has 0 radical (unpaired) electrons. The Morgan fingerprint density at radius 2 is 2.00 bits per heavy atom. The summed E-state index contributed by atoms with van der Waals surface area (Å²) in [4.78, 5) is 16.4. The minimum absolute atomic E-state index is 0.136. The zero-order chi connectivity index (χ0) is 15.2. The molecule has 5 nitrogen and oxygen atoms in total. The third-order valence-corrected chi connectivity index (χ3v) is 3.32. The number of methoxy groups -OCH3 is 1. The standard InChI is InChI=1S/C16H19N3O2/c1-11(17-2)12-7-4-5-9-14(12)19-15(20)13-8-6-10-18-16(13)21-3/h4-11,17H,1-3H3,(H,19,20). The molecule has 1 unspecified atom stereocenters. The molecule has 110 valence electrons. The highest BCUT2D eigenvalue weighted by atomic mass is 16.5. The number of nitrogens with zero attached hydrogens (tertiary/aromatic N) is 1. The van der Waals surface area contributed by atoms with Crippen molar-refractivity contribution in [2.45, 2.75) is 13.0 Å². The summed E-state index contributed by atoms with van der Waals surface area (Å²) in [5.41, 5.74) is 2.21. The Morgan fingerprint density at radius 1 is 1.24 bits per heavy atom. The average molecular weight is 285 g/mol. The van der Waals surface area contributed by atoms with Crippen molar-refractivity contribution in [3.63, 3.8) is 0 Å². The van der Waals surface area contributed by atoms with Gasteiger partial charge in [0, 0.05) is 17.9 Å². The van der Waals surface area contributed by atoms with Gasteiger partial charge in [0.1, 0.15) is 5.56 Å². The Balaban J connectivity index is 2.28. The van der Waals surface area contributed by atoms with Crippen LogP contribution in [0.2, 0.25) is 0 Å². The van der Waals surface area contributed by atoms with E-state index < -0.39 is 0 Å². The maximum absolute atomic E-state index is 12.4. The van der Waals surface area contributed by atoms with Crippen LogP contribution in [0.1, 0.15) is 28.9 Å².